The molecule has 0 unspecified atom stereocenters. The number of rotatable bonds is 10. The average Bonchev–Trinajstić information content (AvgIpc) is 3.52. The molecule has 9 nitrogen and oxygen atoms in total. The molecule has 5 rings (SSSR count). The number of hydrogen-bond acceptors (Lipinski definition) is 9. The summed E-state index contributed by atoms with van der Waals surface area (Å²) in [5.74, 6) is 1.76. The summed E-state index contributed by atoms with van der Waals surface area (Å²) in [6.07, 6.45) is 1.75. The molecule has 11 heteroatoms. The molecule has 0 atom stereocenters. The molecule has 0 saturated carbocycles. The van der Waals surface area contributed by atoms with Gasteiger partial charge in [-0.05, 0) is 73.9 Å². The predicted molar refractivity (Wildman–Crippen MR) is 184 cm³/mol. The van der Waals surface area contributed by atoms with Gasteiger partial charge in [0, 0.05) is 29.5 Å². The minimum absolute atomic E-state index is 0.237. The van der Waals surface area contributed by atoms with Crippen molar-refractivity contribution in [2.45, 2.75) is 33.6 Å². The number of thiol groups is 1. The Balaban J connectivity index is 1.37. The number of aryl methyl sites for hydroxylation is 1. The van der Waals surface area contributed by atoms with Gasteiger partial charge in [0.15, 0.2) is 11.6 Å². The van der Waals surface area contributed by atoms with E-state index in [9.17, 15) is 4.79 Å². The van der Waals surface area contributed by atoms with Gasteiger partial charge in [0.1, 0.15) is 16.1 Å². The summed E-state index contributed by atoms with van der Waals surface area (Å²) < 4.78 is 5.43. The number of benzene rings is 3. The Kier molecular flexibility index (Phi) is 9.66. The van der Waals surface area contributed by atoms with Gasteiger partial charge in [0.25, 0.3) is 5.91 Å². The Hall–Kier alpha value is -4.61. The Labute approximate surface area is 266 Å². The van der Waals surface area contributed by atoms with Crippen LogP contribution >= 0.6 is 24.0 Å². The van der Waals surface area contributed by atoms with Gasteiger partial charge < -0.3 is 15.0 Å². The third-order valence-electron chi connectivity index (χ3n) is 7.00. The Morgan fingerprint density at radius 1 is 1.05 bits per heavy atom. The smallest absolute Gasteiger partial charge is 0.255 e. The molecule has 5 aromatic rings. The van der Waals surface area contributed by atoms with E-state index in [0.29, 0.717) is 33.5 Å². The summed E-state index contributed by atoms with van der Waals surface area (Å²) in [4.78, 5) is 30.2. The van der Waals surface area contributed by atoms with Crippen LogP contribution in [0.2, 0.25) is 0 Å². The van der Waals surface area contributed by atoms with Crippen LogP contribution < -0.4 is 15.0 Å². The lowest BCUT2D eigenvalue weighted by molar-refractivity contribution is 0.102. The van der Waals surface area contributed by atoms with E-state index in [2.05, 4.69) is 40.1 Å². The lowest BCUT2D eigenvalue weighted by Gasteiger charge is -2.20. The summed E-state index contributed by atoms with van der Waals surface area (Å²) in [6, 6.07) is 20.8. The molecule has 0 aliphatic heterocycles. The van der Waals surface area contributed by atoms with Gasteiger partial charge >= 0.3 is 0 Å². The van der Waals surface area contributed by atoms with Crippen molar-refractivity contribution < 1.29 is 9.53 Å². The summed E-state index contributed by atoms with van der Waals surface area (Å²) >= 11 is 5.79. The Bertz CT molecular complexity index is 1870. The van der Waals surface area contributed by atoms with Crippen LogP contribution in [0.25, 0.3) is 21.7 Å². The van der Waals surface area contributed by atoms with E-state index in [1.54, 1.807) is 24.8 Å². The van der Waals surface area contributed by atoms with Crippen LogP contribution in [0.5, 0.6) is 5.75 Å². The van der Waals surface area contributed by atoms with Gasteiger partial charge in [-0.25, -0.2) is 15.0 Å². The highest BCUT2D eigenvalue weighted by atomic mass is 32.1. The van der Waals surface area contributed by atoms with Crippen LogP contribution in [0.3, 0.4) is 0 Å². The first-order valence-corrected chi connectivity index (χ1v) is 15.4. The molecule has 2 heterocycles. The first-order chi connectivity index (χ1) is 21.3. The zero-order valence-corrected chi connectivity index (χ0v) is 26.9. The second-order valence-electron chi connectivity index (χ2n) is 10.2. The van der Waals surface area contributed by atoms with Crippen LogP contribution in [0.1, 0.15) is 48.2 Å². The lowest BCUT2D eigenvalue weighted by Crippen LogP contribution is -2.14. The number of ether oxygens (including phenoxy) is 1. The van der Waals surface area contributed by atoms with Gasteiger partial charge in [0.05, 0.1) is 23.4 Å². The number of nitrogens with one attached hydrogen (secondary N) is 1. The van der Waals surface area contributed by atoms with Gasteiger partial charge in [-0.1, -0.05) is 37.6 Å². The summed E-state index contributed by atoms with van der Waals surface area (Å²) in [7, 11) is 3.61. The zero-order valence-electron chi connectivity index (χ0n) is 25.2. The van der Waals surface area contributed by atoms with Crippen molar-refractivity contribution in [2.24, 2.45) is 10.2 Å². The number of fused-ring (bicyclic) bond motifs is 1. The predicted octanol–water partition coefficient (Wildman–Crippen LogP) is 7.94. The molecule has 1 amide bonds. The number of nitrogens with zero attached hydrogens (tertiary/aromatic N) is 6. The monoisotopic (exact) mass is 623 g/mol. The van der Waals surface area contributed by atoms with E-state index < -0.39 is 0 Å². The maximum absolute atomic E-state index is 13.2. The molecular formula is C33H33N7O2S2. The Morgan fingerprint density at radius 3 is 2.57 bits per heavy atom. The van der Waals surface area contributed by atoms with Crippen molar-refractivity contribution in [1.82, 2.24) is 15.0 Å². The molecule has 0 bridgehead atoms. The molecular weight excluding hydrogens is 591 g/mol. The van der Waals surface area contributed by atoms with Crippen LogP contribution in [-0.4, -0.2) is 45.8 Å². The number of carbonyl (C=O) groups is 1. The van der Waals surface area contributed by atoms with E-state index in [-0.39, 0.29) is 5.91 Å². The molecule has 0 aliphatic rings. The highest BCUT2D eigenvalue weighted by molar-refractivity contribution is 7.97. The van der Waals surface area contributed by atoms with Crippen molar-refractivity contribution in [3.8, 4) is 17.1 Å². The van der Waals surface area contributed by atoms with Crippen molar-refractivity contribution in [2.75, 3.05) is 24.4 Å². The molecule has 0 saturated heterocycles. The third kappa shape index (κ3) is 6.95. The fourth-order valence-corrected chi connectivity index (χ4v) is 5.49. The van der Waals surface area contributed by atoms with Crippen LogP contribution in [0.4, 0.5) is 17.2 Å². The SMILES string of the molecule is CCC/C(S)=N\N=C(/C)c1ccc(NC(=O)c2cccc(-c3nc(N(C)c4ccc(OC)c(C)c4)c4ncsc4n3)c2)cc1. The molecule has 0 aliphatic carbocycles. The molecule has 44 heavy (non-hydrogen) atoms. The Morgan fingerprint density at radius 2 is 1.84 bits per heavy atom. The van der Waals surface area contributed by atoms with Crippen molar-refractivity contribution in [3.05, 3.63) is 88.9 Å². The molecule has 0 radical (unpaired) electrons. The first-order valence-electron chi connectivity index (χ1n) is 14.1. The number of anilines is 3. The molecule has 0 fully saturated rings. The number of carbonyl (C=O) groups excluding carboxylic acids is 1. The number of methoxy groups -OCH3 is 1. The fourth-order valence-electron chi connectivity index (χ4n) is 4.57. The third-order valence-corrected chi connectivity index (χ3v) is 8.03. The van der Waals surface area contributed by atoms with Gasteiger partial charge in [-0.2, -0.15) is 5.10 Å². The van der Waals surface area contributed by atoms with E-state index in [1.165, 1.54) is 11.3 Å². The maximum atomic E-state index is 13.2. The number of aromatic nitrogens is 3. The second-order valence-corrected chi connectivity index (χ2v) is 11.5. The quantitative estimate of drug-likeness (QED) is 0.0708. The standard InChI is InChI=1S/C33H33N7O2S2/c1-6-8-28(43)39-38-21(3)22-11-13-25(14-12-22)35-32(41)24-10-7-9-23(18-24)30-36-31(29-33(37-30)44-19-34-29)40(4)26-15-16-27(42-5)20(2)17-26/h7,9-19H,6,8H2,1-5H3,(H,35,41)(H,39,43)/b38-21+. The summed E-state index contributed by atoms with van der Waals surface area (Å²) in [5.41, 5.74) is 8.00. The molecule has 2 aromatic heterocycles. The topological polar surface area (TPSA) is 105 Å². The van der Waals surface area contributed by atoms with E-state index in [0.717, 1.165) is 51.5 Å². The van der Waals surface area contributed by atoms with E-state index in [4.69, 9.17) is 14.7 Å². The van der Waals surface area contributed by atoms with Crippen molar-refractivity contribution in [3.63, 3.8) is 0 Å². The van der Waals surface area contributed by atoms with Gasteiger partial charge in [0.2, 0.25) is 0 Å². The molecule has 0 spiro atoms. The number of amides is 1. The number of hydrogen-bond donors (Lipinski definition) is 2. The van der Waals surface area contributed by atoms with Crippen LogP contribution in [-0.2, 0) is 0 Å². The van der Waals surface area contributed by atoms with Crippen molar-refractivity contribution in [1.29, 1.82) is 0 Å². The molecule has 3 aromatic carbocycles. The van der Waals surface area contributed by atoms with Gasteiger partial charge in [-0.15, -0.1) is 29.1 Å². The van der Waals surface area contributed by atoms with Crippen LogP contribution in [0.15, 0.2) is 82.4 Å². The highest BCUT2D eigenvalue weighted by Crippen LogP contribution is 2.34. The minimum Gasteiger partial charge on any atom is -0.496 e. The largest absolute Gasteiger partial charge is 0.496 e. The minimum atomic E-state index is -0.237. The lowest BCUT2D eigenvalue weighted by atomic mass is 10.1. The summed E-state index contributed by atoms with van der Waals surface area (Å²) in [5, 5.41) is 12.1. The van der Waals surface area contributed by atoms with E-state index >= 15 is 0 Å². The summed E-state index contributed by atoms with van der Waals surface area (Å²) in [6.45, 7) is 5.97. The number of thiazole rings is 1. The maximum Gasteiger partial charge on any atom is 0.255 e. The highest BCUT2D eigenvalue weighted by Gasteiger charge is 2.18. The first kappa shape index (κ1) is 30.8. The van der Waals surface area contributed by atoms with E-state index in [1.807, 2.05) is 80.4 Å². The fraction of sp³-hybridized carbons (Fsp3) is 0.212. The molecule has 224 valence electrons. The van der Waals surface area contributed by atoms with Gasteiger partial charge in [-0.3, -0.25) is 4.79 Å². The van der Waals surface area contributed by atoms with Crippen LogP contribution in [0, 0.1) is 6.92 Å². The second kappa shape index (κ2) is 13.8. The normalized spacial score (nSPS) is 12.0. The average molecular weight is 624 g/mol. The zero-order chi connectivity index (χ0) is 31.2. The van der Waals surface area contributed by atoms with Crippen molar-refractivity contribution >= 4 is 68.2 Å². The molecule has 1 N–H and O–H groups in total.